The third kappa shape index (κ3) is 3.43. The van der Waals surface area contributed by atoms with Crippen LogP contribution in [0.5, 0.6) is 0 Å². The lowest BCUT2D eigenvalue weighted by atomic mass is 10.1. The highest BCUT2D eigenvalue weighted by molar-refractivity contribution is 5.46. The molecule has 3 rings (SSSR count). The second kappa shape index (κ2) is 6.89. The van der Waals surface area contributed by atoms with Crippen molar-refractivity contribution in [2.24, 2.45) is 0 Å². The molecule has 1 aromatic carbocycles. The molecule has 1 atom stereocenters. The normalized spacial score (nSPS) is 17.9. The maximum Gasteiger partial charge on any atom is 0.168 e. The van der Waals surface area contributed by atoms with Gasteiger partial charge < -0.3 is 4.90 Å². The summed E-state index contributed by atoms with van der Waals surface area (Å²) in [5.41, 5.74) is 1.21. The van der Waals surface area contributed by atoms with Gasteiger partial charge in [0.1, 0.15) is 0 Å². The fourth-order valence-electron chi connectivity index (χ4n) is 3.41. The third-order valence-electron chi connectivity index (χ3n) is 4.69. The standard InChI is InChI=1S/C18H28N6/c1-5-16(17-19-20-21-24(17)18(2,3)4)23-13-11-22(12-14-23)15-9-7-6-8-10-15/h6-10,16H,5,11-14H2,1-4H3. The van der Waals surface area contributed by atoms with Gasteiger partial charge in [0.2, 0.25) is 0 Å². The zero-order valence-corrected chi connectivity index (χ0v) is 15.2. The molecule has 1 aliphatic heterocycles. The molecule has 1 aromatic heterocycles. The Morgan fingerprint density at radius 2 is 1.71 bits per heavy atom. The van der Waals surface area contributed by atoms with E-state index in [0.717, 1.165) is 38.4 Å². The summed E-state index contributed by atoms with van der Waals surface area (Å²) in [6.45, 7) is 12.8. The summed E-state index contributed by atoms with van der Waals surface area (Å²) < 4.78 is 1.98. The van der Waals surface area contributed by atoms with Gasteiger partial charge >= 0.3 is 0 Å². The molecule has 0 radical (unpaired) electrons. The van der Waals surface area contributed by atoms with Crippen molar-refractivity contribution in [1.82, 2.24) is 25.1 Å². The van der Waals surface area contributed by atoms with Crippen LogP contribution < -0.4 is 4.90 Å². The van der Waals surface area contributed by atoms with Crippen molar-refractivity contribution in [2.45, 2.75) is 45.7 Å². The molecule has 1 saturated heterocycles. The lowest BCUT2D eigenvalue weighted by molar-refractivity contribution is 0.161. The number of piperazine rings is 1. The molecular formula is C18H28N6. The Morgan fingerprint density at radius 1 is 1.04 bits per heavy atom. The Bertz CT molecular complexity index is 637. The number of aromatic nitrogens is 4. The van der Waals surface area contributed by atoms with Crippen molar-refractivity contribution in [3.05, 3.63) is 36.2 Å². The molecule has 1 aliphatic rings. The van der Waals surface area contributed by atoms with E-state index >= 15 is 0 Å². The second-order valence-corrected chi connectivity index (χ2v) is 7.40. The van der Waals surface area contributed by atoms with Crippen LogP contribution in [0, 0.1) is 0 Å². The van der Waals surface area contributed by atoms with Crippen LogP contribution in [0.3, 0.4) is 0 Å². The van der Waals surface area contributed by atoms with Gasteiger partial charge in [0.25, 0.3) is 0 Å². The first-order valence-electron chi connectivity index (χ1n) is 8.83. The van der Waals surface area contributed by atoms with E-state index in [1.54, 1.807) is 0 Å². The van der Waals surface area contributed by atoms with Gasteiger partial charge in [0.15, 0.2) is 5.82 Å². The third-order valence-corrected chi connectivity index (χ3v) is 4.69. The molecule has 0 N–H and O–H groups in total. The molecule has 24 heavy (non-hydrogen) atoms. The molecular weight excluding hydrogens is 300 g/mol. The summed E-state index contributed by atoms with van der Waals surface area (Å²) in [6, 6.07) is 10.9. The topological polar surface area (TPSA) is 50.1 Å². The second-order valence-electron chi connectivity index (χ2n) is 7.40. The number of tetrazole rings is 1. The van der Waals surface area contributed by atoms with E-state index in [-0.39, 0.29) is 11.6 Å². The molecule has 0 amide bonds. The number of nitrogens with zero attached hydrogens (tertiary/aromatic N) is 6. The van der Waals surface area contributed by atoms with Gasteiger partial charge in [-0.3, -0.25) is 4.90 Å². The predicted octanol–water partition coefficient (Wildman–Crippen LogP) is 2.70. The molecule has 2 heterocycles. The Kier molecular flexibility index (Phi) is 4.85. The van der Waals surface area contributed by atoms with Crippen LogP contribution in [0.25, 0.3) is 0 Å². The average Bonchev–Trinajstić information content (AvgIpc) is 3.07. The van der Waals surface area contributed by atoms with Gasteiger partial charge in [-0.25, -0.2) is 4.68 Å². The van der Waals surface area contributed by atoms with E-state index in [1.165, 1.54) is 5.69 Å². The minimum atomic E-state index is -0.0991. The number of anilines is 1. The number of para-hydroxylation sites is 1. The summed E-state index contributed by atoms with van der Waals surface area (Å²) in [6.07, 6.45) is 1.02. The van der Waals surface area contributed by atoms with Crippen molar-refractivity contribution in [1.29, 1.82) is 0 Å². The monoisotopic (exact) mass is 328 g/mol. The number of hydrogen-bond acceptors (Lipinski definition) is 5. The minimum Gasteiger partial charge on any atom is -0.369 e. The molecule has 6 nitrogen and oxygen atoms in total. The Labute approximate surface area is 144 Å². The Morgan fingerprint density at radius 3 is 2.29 bits per heavy atom. The number of rotatable bonds is 4. The van der Waals surface area contributed by atoms with E-state index < -0.39 is 0 Å². The first-order chi connectivity index (χ1) is 11.5. The average molecular weight is 328 g/mol. The van der Waals surface area contributed by atoms with Crippen molar-refractivity contribution < 1.29 is 0 Å². The predicted molar refractivity (Wildman–Crippen MR) is 96.1 cm³/mol. The summed E-state index contributed by atoms with van der Waals surface area (Å²) in [4.78, 5) is 4.98. The van der Waals surface area contributed by atoms with E-state index in [0.29, 0.717) is 0 Å². The van der Waals surface area contributed by atoms with Gasteiger partial charge in [0, 0.05) is 31.9 Å². The van der Waals surface area contributed by atoms with Crippen LogP contribution in [-0.4, -0.2) is 51.3 Å². The van der Waals surface area contributed by atoms with Crippen LogP contribution >= 0.6 is 0 Å². The highest BCUT2D eigenvalue weighted by Gasteiger charge is 2.30. The van der Waals surface area contributed by atoms with E-state index in [2.05, 4.69) is 83.4 Å². The van der Waals surface area contributed by atoms with Gasteiger partial charge in [-0.1, -0.05) is 25.1 Å². The molecule has 0 saturated carbocycles. The first-order valence-corrected chi connectivity index (χ1v) is 8.83. The van der Waals surface area contributed by atoms with Crippen molar-refractivity contribution in [3.63, 3.8) is 0 Å². The molecule has 2 aromatic rings. The maximum absolute atomic E-state index is 4.35. The SMILES string of the molecule is CCC(c1nnnn1C(C)(C)C)N1CCN(c2ccccc2)CC1. The lowest BCUT2D eigenvalue weighted by Gasteiger charge is -2.40. The van der Waals surface area contributed by atoms with Crippen LogP contribution in [0.15, 0.2) is 30.3 Å². The lowest BCUT2D eigenvalue weighted by Crippen LogP contribution is -2.48. The molecule has 6 heteroatoms. The Hall–Kier alpha value is -1.95. The minimum absolute atomic E-state index is 0.0991. The maximum atomic E-state index is 4.35. The molecule has 0 aliphatic carbocycles. The van der Waals surface area contributed by atoms with Gasteiger partial charge in [0.05, 0.1) is 11.6 Å². The summed E-state index contributed by atoms with van der Waals surface area (Å²) >= 11 is 0. The zero-order chi connectivity index (χ0) is 17.2. The fourth-order valence-corrected chi connectivity index (χ4v) is 3.41. The van der Waals surface area contributed by atoms with Crippen LogP contribution in [0.4, 0.5) is 5.69 Å². The zero-order valence-electron chi connectivity index (χ0n) is 15.2. The van der Waals surface area contributed by atoms with Gasteiger partial charge in [-0.2, -0.15) is 0 Å². The molecule has 0 spiro atoms. The summed E-state index contributed by atoms with van der Waals surface area (Å²) in [5.74, 6) is 0.984. The summed E-state index contributed by atoms with van der Waals surface area (Å²) in [7, 11) is 0. The molecule has 130 valence electrons. The fraction of sp³-hybridized carbons (Fsp3) is 0.611. The quantitative estimate of drug-likeness (QED) is 0.864. The van der Waals surface area contributed by atoms with Gasteiger partial charge in [-0.05, 0) is 49.8 Å². The smallest absolute Gasteiger partial charge is 0.168 e. The summed E-state index contributed by atoms with van der Waals surface area (Å²) in [5, 5.41) is 12.5. The van der Waals surface area contributed by atoms with E-state index in [9.17, 15) is 0 Å². The molecule has 1 unspecified atom stereocenters. The van der Waals surface area contributed by atoms with Crippen LogP contribution in [-0.2, 0) is 5.54 Å². The first kappa shape index (κ1) is 16.9. The largest absolute Gasteiger partial charge is 0.369 e. The van der Waals surface area contributed by atoms with Gasteiger partial charge in [-0.15, -0.1) is 5.10 Å². The highest BCUT2D eigenvalue weighted by Crippen LogP contribution is 2.27. The van der Waals surface area contributed by atoms with Crippen molar-refractivity contribution >= 4 is 5.69 Å². The Balaban J connectivity index is 1.72. The van der Waals surface area contributed by atoms with Crippen LogP contribution in [0.1, 0.15) is 46.0 Å². The van der Waals surface area contributed by atoms with E-state index in [1.807, 2.05) is 4.68 Å². The van der Waals surface area contributed by atoms with E-state index in [4.69, 9.17) is 0 Å². The molecule has 1 fully saturated rings. The number of benzene rings is 1. The van der Waals surface area contributed by atoms with Crippen molar-refractivity contribution in [2.75, 3.05) is 31.1 Å². The van der Waals surface area contributed by atoms with Crippen molar-refractivity contribution in [3.8, 4) is 0 Å². The molecule has 0 bridgehead atoms. The van der Waals surface area contributed by atoms with Crippen LogP contribution in [0.2, 0.25) is 0 Å². The number of hydrogen-bond donors (Lipinski definition) is 0. The highest BCUT2D eigenvalue weighted by atomic mass is 15.6.